The average Bonchev–Trinajstić information content (AvgIpc) is 3.18. The van der Waals surface area contributed by atoms with E-state index in [0.717, 1.165) is 11.1 Å². The van der Waals surface area contributed by atoms with Crippen LogP contribution >= 0.6 is 11.6 Å². The van der Waals surface area contributed by atoms with Gasteiger partial charge in [0.2, 0.25) is 5.91 Å². The Bertz CT molecular complexity index is 1020. The van der Waals surface area contributed by atoms with Crippen molar-refractivity contribution in [1.29, 1.82) is 0 Å². The van der Waals surface area contributed by atoms with Crippen molar-refractivity contribution in [2.45, 2.75) is 25.9 Å². The third-order valence-corrected chi connectivity index (χ3v) is 5.21. The first-order valence-electron chi connectivity index (χ1n) is 9.03. The van der Waals surface area contributed by atoms with Gasteiger partial charge in [0.25, 0.3) is 11.8 Å². The number of para-hydroxylation sites is 1. The summed E-state index contributed by atoms with van der Waals surface area (Å²) in [6.07, 6.45) is 0. The molecule has 2 aliphatic heterocycles. The highest BCUT2D eigenvalue weighted by atomic mass is 35.5. The molecule has 1 N–H and O–H groups in total. The first-order valence-corrected chi connectivity index (χ1v) is 9.41. The van der Waals surface area contributed by atoms with Gasteiger partial charge in [-0.1, -0.05) is 35.0 Å². The number of imide groups is 1. The number of carbonyl (C=O) groups is 3. The van der Waals surface area contributed by atoms with E-state index in [9.17, 15) is 14.4 Å². The van der Waals surface area contributed by atoms with Crippen molar-refractivity contribution in [2.24, 2.45) is 10.3 Å². The van der Waals surface area contributed by atoms with Crippen LogP contribution in [-0.2, 0) is 14.4 Å². The fourth-order valence-electron chi connectivity index (χ4n) is 3.61. The van der Waals surface area contributed by atoms with Crippen LogP contribution in [0.25, 0.3) is 0 Å². The number of rotatable bonds is 4. The van der Waals surface area contributed by atoms with Crippen LogP contribution in [0.15, 0.2) is 52.8 Å². The molecule has 4 rings (SSSR count). The molecule has 0 unspecified atom stereocenters. The molecule has 2 atom stereocenters. The number of anilines is 2. The molecule has 148 valence electrons. The lowest BCUT2D eigenvalue weighted by Crippen LogP contribution is -2.43. The first kappa shape index (κ1) is 19.1. The van der Waals surface area contributed by atoms with Gasteiger partial charge >= 0.3 is 0 Å². The third kappa shape index (κ3) is 3.36. The van der Waals surface area contributed by atoms with E-state index in [-0.39, 0.29) is 12.5 Å². The number of hydrogen-bond acceptors (Lipinski definition) is 6. The van der Waals surface area contributed by atoms with Crippen LogP contribution < -0.4 is 10.2 Å². The van der Waals surface area contributed by atoms with E-state index in [4.69, 9.17) is 11.6 Å². The quantitative estimate of drug-likeness (QED) is 0.782. The van der Waals surface area contributed by atoms with Gasteiger partial charge < -0.3 is 5.32 Å². The van der Waals surface area contributed by atoms with Crippen LogP contribution in [0, 0.1) is 13.8 Å². The third-order valence-electron chi connectivity index (χ3n) is 4.95. The van der Waals surface area contributed by atoms with Crippen molar-refractivity contribution >= 4 is 40.7 Å². The normalized spacial score (nSPS) is 20.4. The van der Waals surface area contributed by atoms with Crippen LogP contribution in [0.3, 0.4) is 0 Å². The van der Waals surface area contributed by atoms with E-state index in [0.29, 0.717) is 16.4 Å². The Hall–Kier alpha value is -3.26. The molecule has 8 nitrogen and oxygen atoms in total. The van der Waals surface area contributed by atoms with E-state index in [1.165, 1.54) is 9.91 Å². The number of hydrogen-bond donors (Lipinski definition) is 1. The SMILES string of the molecule is Cc1cccc(C)c1N1C(=O)[C@@H]2N=NN(CC(=O)Nc3ccc(Cl)cc3)[C@H]2C1=O. The molecule has 29 heavy (non-hydrogen) atoms. The van der Waals surface area contributed by atoms with Gasteiger partial charge in [0.15, 0.2) is 12.1 Å². The predicted molar refractivity (Wildman–Crippen MR) is 108 cm³/mol. The number of carbonyl (C=O) groups excluding carboxylic acids is 3. The van der Waals surface area contributed by atoms with Gasteiger partial charge in [-0.15, -0.1) is 0 Å². The molecule has 2 aromatic rings. The minimum Gasteiger partial charge on any atom is -0.324 e. The average molecular weight is 412 g/mol. The van der Waals surface area contributed by atoms with Crippen molar-refractivity contribution in [3.63, 3.8) is 0 Å². The van der Waals surface area contributed by atoms with Crippen LogP contribution in [0.5, 0.6) is 0 Å². The molecule has 3 amide bonds. The standard InChI is InChI=1S/C20H18ClN5O3/c1-11-4-3-5-12(2)17(11)26-19(28)16-18(20(26)29)25(24-23-16)10-15(27)22-14-8-6-13(21)7-9-14/h3-9,16,18H,10H2,1-2H3,(H,22,27)/t16-,18-/m1/s1. The van der Waals surface area contributed by atoms with Gasteiger partial charge in [-0.3, -0.25) is 19.4 Å². The van der Waals surface area contributed by atoms with Gasteiger partial charge in [-0.05, 0) is 49.2 Å². The predicted octanol–water partition coefficient (Wildman–Crippen LogP) is 2.89. The van der Waals surface area contributed by atoms with Crippen molar-refractivity contribution in [3.05, 3.63) is 58.6 Å². The molecular weight excluding hydrogens is 394 g/mol. The summed E-state index contributed by atoms with van der Waals surface area (Å²) in [4.78, 5) is 39.5. The maximum atomic E-state index is 13.1. The summed E-state index contributed by atoms with van der Waals surface area (Å²) in [7, 11) is 0. The van der Waals surface area contributed by atoms with Crippen molar-refractivity contribution in [2.75, 3.05) is 16.8 Å². The smallest absolute Gasteiger partial charge is 0.263 e. The number of nitrogens with zero attached hydrogens (tertiary/aromatic N) is 4. The Morgan fingerprint density at radius 2 is 1.72 bits per heavy atom. The maximum Gasteiger partial charge on any atom is 0.263 e. The van der Waals surface area contributed by atoms with Gasteiger partial charge in [-0.25, -0.2) is 4.90 Å². The fraction of sp³-hybridized carbons (Fsp3) is 0.250. The van der Waals surface area contributed by atoms with Crippen molar-refractivity contribution < 1.29 is 14.4 Å². The molecule has 0 radical (unpaired) electrons. The zero-order valence-corrected chi connectivity index (χ0v) is 16.6. The summed E-state index contributed by atoms with van der Waals surface area (Å²) in [5.41, 5.74) is 2.77. The molecule has 9 heteroatoms. The van der Waals surface area contributed by atoms with Gasteiger partial charge in [-0.2, -0.15) is 5.11 Å². The Kier molecular flexibility index (Phi) is 4.79. The second-order valence-corrected chi connectivity index (χ2v) is 7.44. The lowest BCUT2D eigenvalue weighted by atomic mass is 10.1. The second-order valence-electron chi connectivity index (χ2n) is 7.00. The summed E-state index contributed by atoms with van der Waals surface area (Å²) < 4.78 is 0. The molecule has 0 saturated carbocycles. The van der Waals surface area contributed by atoms with E-state index in [1.54, 1.807) is 24.3 Å². The van der Waals surface area contributed by atoms with Crippen LogP contribution in [0.1, 0.15) is 11.1 Å². The summed E-state index contributed by atoms with van der Waals surface area (Å²) in [5.74, 6) is -1.24. The molecular formula is C20H18ClN5O3. The molecule has 1 saturated heterocycles. The minimum atomic E-state index is -0.940. The summed E-state index contributed by atoms with van der Waals surface area (Å²) >= 11 is 5.84. The van der Waals surface area contributed by atoms with Crippen LogP contribution in [-0.4, -0.2) is 41.4 Å². The van der Waals surface area contributed by atoms with Crippen LogP contribution in [0.2, 0.25) is 5.02 Å². The Morgan fingerprint density at radius 3 is 2.38 bits per heavy atom. The zero-order chi connectivity index (χ0) is 20.7. The number of fused-ring (bicyclic) bond motifs is 1. The first-order chi connectivity index (χ1) is 13.9. The summed E-state index contributed by atoms with van der Waals surface area (Å²) in [6, 6.07) is 10.3. The monoisotopic (exact) mass is 411 g/mol. The van der Waals surface area contributed by atoms with E-state index < -0.39 is 23.9 Å². The molecule has 2 aromatic carbocycles. The maximum absolute atomic E-state index is 13.1. The largest absolute Gasteiger partial charge is 0.324 e. The molecule has 0 spiro atoms. The molecule has 0 aromatic heterocycles. The highest BCUT2D eigenvalue weighted by Crippen LogP contribution is 2.35. The van der Waals surface area contributed by atoms with Crippen molar-refractivity contribution in [3.8, 4) is 0 Å². The number of halogens is 1. The van der Waals surface area contributed by atoms with Gasteiger partial charge in [0, 0.05) is 10.7 Å². The Morgan fingerprint density at radius 1 is 1.07 bits per heavy atom. The van der Waals surface area contributed by atoms with Gasteiger partial charge in [0.05, 0.1) is 5.69 Å². The fourth-order valence-corrected chi connectivity index (χ4v) is 3.74. The highest BCUT2D eigenvalue weighted by Gasteiger charge is 2.55. The van der Waals surface area contributed by atoms with E-state index in [1.807, 2.05) is 32.0 Å². The number of aryl methyl sites for hydroxylation is 2. The summed E-state index contributed by atoms with van der Waals surface area (Å²) in [5, 5.41) is 12.4. The Balaban J connectivity index is 1.52. The minimum absolute atomic E-state index is 0.201. The van der Waals surface area contributed by atoms with E-state index in [2.05, 4.69) is 15.7 Å². The molecule has 1 fully saturated rings. The summed E-state index contributed by atoms with van der Waals surface area (Å²) in [6.45, 7) is 3.48. The van der Waals surface area contributed by atoms with Crippen LogP contribution in [0.4, 0.5) is 11.4 Å². The highest BCUT2D eigenvalue weighted by molar-refractivity contribution is 6.30. The Labute approximate surface area is 172 Å². The number of nitrogens with one attached hydrogen (secondary N) is 1. The number of benzene rings is 2. The molecule has 0 bridgehead atoms. The lowest BCUT2D eigenvalue weighted by Gasteiger charge is -2.22. The van der Waals surface area contributed by atoms with E-state index >= 15 is 0 Å². The molecule has 2 aliphatic rings. The molecule has 2 heterocycles. The zero-order valence-electron chi connectivity index (χ0n) is 15.8. The molecule has 0 aliphatic carbocycles. The topological polar surface area (TPSA) is 94.4 Å². The number of amides is 3. The van der Waals surface area contributed by atoms with Crippen molar-refractivity contribution in [1.82, 2.24) is 5.01 Å². The second kappa shape index (κ2) is 7.29. The van der Waals surface area contributed by atoms with Gasteiger partial charge in [0.1, 0.15) is 6.54 Å². The lowest BCUT2D eigenvalue weighted by molar-refractivity contribution is -0.123.